The van der Waals surface area contributed by atoms with Crippen molar-refractivity contribution in [3.8, 4) is 11.4 Å². The van der Waals surface area contributed by atoms with Crippen molar-refractivity contribution >= 4 is 17.5 Å². The van der Waals surface area contributed by atoms with Gasteiger partial charge in [-0.15, -0.1) is 0 Å². The Morgan fingerprint density at radius 2 is 1.97 bits per heavy atom. The molecule has 1 aliphatic heterocycles. The van der Waals surface area contributed by atoms with Crippen molar-refractivity contribution in [2.45, 2.75) is 38.6 Å². The molecule has 1 aliphatic rings. The minimum Gasteiger partial charge on any atom is -0.340 e. The van der Waals surface area contributed by atoms with E-state index in [2.05, 4.69) is 32.2 Å². The van der Waals surface area contributed by atoms with Crippen molar-refractivity contribution in [3.05, 3.63) is 54.6 Å². The fourth-order valence-corrected chi connectivity index (χ4v) is 3.64. The highest BCUT2D eigenvalue weighted by Crippen LogP contribution is 2.30. The van der Waals surface area contributed by atoms with Crippen LogP contribution in [0, 0.1) is 5.82 Å². The van der Waals surface area contributed by atoms with Gasteiger partial charge in [0.2, 0.25) is 5.91 Å². The zero-order valence-electron chi connectivity index (χ0n) is 16.8. The summed E-state index contributed by atoms with van der Waals surface area (Å²) in [5.74, 6) is 1.06. The Morgan fingerprint density at radius 3 is 2.70 bits per heavy atom. The molecule has 4 rings (SSSR count). The maximum absolute atomic E-state index is 13.6. The van der Waals surface area contributed by atoms with Crippen LogP contribution in [-0.2, 0) is 4.79 Å². The Kier molecular flexibility index (Phi) is 5.60. The molecule has 0 saturated carbocycles. The van der Waals surface area contributed by atoms with Crippen LogP contribution in [0.5, 0.6) is 0 Å². The van der Waals surface area contributed by atoms with E-state index in [0.29, 0.717) is 35.4 Å². The fourth-order valence-electron chi connectivity index (χ4n) is 3.64. The molecule has 3 aromatic heterocycles. The number of carbonyl (C=O) groups excluding carboxylic acids is 1. The lowest BCUT2D eigenvalue weighted by atomic mass is 9.92. The topological polar surface area (TPSA) is 96.8 Å². The normalized spacial score (nSPS) is 18.8. The molecule has 1 fully saturated rings. The van der Waals surface area contributed by atoms with Crippen LogP contribution in [0.3, 0.4) is 0 Å². The fraction of sp³-hybridized carbons (Fsp3) is 0.333. The summed E-state index contributed by atoms with van der Waals surface area (Å²) in [5.41, 5.74) is 1.20. The first-order chi connectivity index (χ1) is 14.5. The number of carbonyl (C=O) groups is 1. The highest BCUT2D eigenvalue weighted by molar-refractivity contribution is 5.73. The highest BCUT2D eigenvalue weighted by atomic mass is 19.1. The van der Waals surface area contributed by atoms with E-state index in [-0.39, 0.29) is 17.9 Å². The Hall–Kier alpha value is -3.49. The number of halogens is 1. The summed E-state index contributed by atoms with van der Waals surface area (Å²) < 4.78 is 13.6. The largest absolute Gasteiger partial charge is 0.340 e. The van der Waals surface area contributed by atoms with Gasteiger partial charge in [-0.05, 0) is 25.8 Å². The number of piperidine rings is 1. The number of aromatic nitrogens is 5. The number of anilines is 2. The van der Waals surface area contributed by atoms with Crippen molar-refractivity contribution in [1.82, 2.24) is 29.8 Å². The standard InChI is InChI=1S/C21H22FN7O/c1-13-3-4-15(12-29(13)14(2)30)21-26-17(18-11-23-7-8-24-18)10-20(28-21)27-19-9-16(22)5-6-25-19/h5-11,13,15H,3-4,12H2,1-2H3,(H,25,26,27,28)/t13-,15+/m0/s1. The number of pyridine rings is 1. The van der Waals surface area contributed by atoms with E-state index in [0.717, 1.165) is 12.8 Å². The summed E-state index contributed by atoms with van der Waals surface area (Å²) in [4.78, 5) is 35.8. The summed E-state index contributed by atoms with van der Waals surface area (Å²) in [7, 11) is 0. The number of rotatable bonds is 4. The molecule has 9 heteroatoms. The van der Waals surface area contributed by atoms with E-state index in [1.165, 1.54) is 18.3 Å². The number of hydrogen-bond acceptors (Lipinski definition) is 7. The van der Waals surface area contributed by atoms with Crippen LogP contribution in [0.15, 0.2) is 43.0 Å². The number of likely N-dealkylation sites (tertiary alicyclic amines) is 1. The summed E-state index contributed by atoms with van der Waals surface area (Å²) >= 11 is 0. The minimum absolute atomic E-state index is 0.0114. The summed E-state index contributed by atoms with van der Waals surface area (Å²) in [6.45, 7) is 4.19. The molecule has 2 atom stereocenters. The van der Waals surface area contributed by atoms with Gasteiger partial charge in [-0.3, -0.25) is 14.8 Å². The van der Waals surface area contributed by atoms with E-state index < -0.39 is 5.82 Å². The van der Waals surface area contributed by atoms with Crippen LogP contribution in [0.1, 0.15) is 38.4 Å². The molecule has 8 nitrogen and oxygen atoms in total. The molecule has 0 aliphatic carbocycles. The molecule has 0 aromatic carbocycles. The van der Waals surface area contributed by atoms with E-state index in [4.69, 9.17) is 4.98 Å². The molecule has 4 heterocycles. The summed E-state index contributed by atoms with van der Waals surface area (Å²) in [5, 5.41) is 3.05. The molecule has 0 radical (unpaired) electrons. The van der Waals surface area contributed by atoms with Gasteiger partial charge in [0.1, 0.15) is 29.0 Å². The number of nitrogens with zero attached hydrogens (tertiary/aromatic N) is 6. The molecule has 0 unspecified atom stereocenters. The molecule has 0 spiro atoms. The van der Waals surface area contributed by atoms with E-state index in [9.17, 15) is 9.18 Å². The van der Waals surface area contributed by atoms with Gasteiger partial charge >= 0.3 is 0 Å². The third kappa shape index (κ3) is 4.40. The van der Waals surface area contributed by atoms with Gasteiger partial charge < -0.3 is 10.2 Å². The second-order valence-corrected chi connectivity index (χ2v) is 7.37. The Morgan fingerprint density at radius 1 is 1.10 bits per heavy atom. The van der Waals surface area contributed by atoms with E-state index >= 15 is 0 Å². The van der Waals surface area contributed by atoms with Crippen molar-refractivity contribution in [3.63, 3.8) is 0 Å². The van der Waals surface area contributed by atoms with Crippen molar-refractivity contribution in [2.75, 3.05) is 11.9 Å². The summed E-state index contributed by atoms with van der Waals surface area (Å²) in [6.07, 6.45) is 7.94. The third-order valence-corrected chi connectivity index (χ3v) is 5.20. The van der Waals surface area contributed by atoms with Crippen molar-refractivity contribution in [2.24, 2.45) is 0 Å². The van der Waals surface area contributed by atoms with Crippen LogP contribution in [0.4, 0.5) is 16.0 Å². The van der Waals surface area contributed by atoms with Crippen molar-refractivity contribution < 1.29 is 9.18 Å². The molecular formula is C21H22FN7O. The molecule has 1 N–H and O–H groups in total. The van der Waals surface area contributed by atoms with Gasteiger partial charge in [0.25, 0.3) is 0 Å². The molecule has 154 valence electrons. The van der Waals surface area contributed by atoms with Crippen LogP contribution in [0.25, 0.3) is 11.4 Å². The molecule has 1 amide bonds. The first-order valence-corrected chi connectivity index (χ1v) is 9.81. The second-order valence-electron chi connectivity index (χ2n) is 7.37. The molecule has 3 aromatic rings. The molecule has 0 bridgehead atoms. The van der Waals surface area contributed by atoms with E-state index in [1.807, 2.05) is 4.90 Å². The van der Waals surface area contributed by atoms with Gasteiger partial charge in [0, 0.05) is 56.2 Å². The Balaban J connectivity index is 1.71. The first-order valence-electron chi connectivity index (χ1n) is 9.81. The third-order valence-electron chi connectivity index (χ3n) is 5.20. The maximum atomic E-state index is 13.6. The lowest BCUT2D eigenvalue weighted by Crippen LogP contribution is -2.44. The Labute approximate surface area is 173 Å². The highest BCUT2D eigenvalue weighted by Gasteiger charge is 2.30. The maximum Gasteiger partial charge on any atom is 0.219 e. The predicted molar refractivity (Wildman–Crippen MR) is 109 cm³/mol. The Bertz CT molecular complexity index is 1050. The predicted octanol–water partition coefficient (Wildman–Crippen LogP) is 3.33. The summed E-state index contributed by atoms with van der Waals surface area (Å²) in [6, 6.07) is 4.50. The van der Waals surface area contributed by atoms with Crippen LogP contribution in [0.2, 0.25) is 0 Å². The lowest BCUT2D eigenvalue weighted by Gasteiger charge is -2.37. The van der Waals surface area contributed by atoms with Gasteiger partial charge in [0.15, 0.2) is 0 Å². The smallest absolute Gasteiger partial charge is 0.219 e. The number of amides is 1. The van der Waals surface area contributed by atoms with Gasteiger partial charge in [-0.1, -0.05) is 0 Å². The SMILES string of the molecule is CC(=O)N1C[C@H](c2nc(Nc3cc(F)ccn3)cc(-c3cnccn3)n2)CC[C@@H]1C. The monoisotopic (exact) mass is 407 g/mol. The van der Waals surface area contributed by atoms with Crippen LogP contribution in [-0.4, -0.2) is 48.3 Å². The van der Waals surface area contributed by atoms with Crippen LogP contribution >= 0.6 is 0 Å². The zero-order chi connectivity index (χ0) is 21.1. The number of hydrogen-bond donors (Lipinski definition) is 1. The van der Waals surface area contributed by atoms with Gasteiger partial charge in [0.05, 0.1) is 11.9 Å². The molecule has 1 saturated heterocycles. The van der Waals surface area contributed by atoms with Crippen molar-refractivity contribution in [1.29, 1.82) is 0 Å². The number of nitrogens with one attached hydrogen (secondary N) is 1. The van der Waals surface area contributed by atoms with Gasteiger partial charge in [-0.25, -0.2) is 19.3 Å². The minimum atomic E-state index is -0.394. The average molecular weight is 407 g/mol. The zero-order valence-corrected chi connectivity index (χ0v) is 16.8. The average Bonchev–Trinajstić information content (AvgIpc) is 2.74. The van der Waals surface area contributed by atoms with Crippen LogP contribution < -0.4 is 5.32 Å². The van der Waals surface area contributed by atoms with Gasteiger partial charge in [-0.2, -0.15) is 0 Å². The molecule has 30 heavy (non-hydrogen) atoms. The molecular weight excluding hydrogens is 385 g/mol. The lowest BCUT2D eigenvalue weighted by molar-refractivity contribution is -0.132. The second kappa shape index (κ2) is 8.48. The van der Waals surface area contributed by atoms with E-state index in [1.54, 1.807) is 31.6 Å². The first kappa shape index (κ1) is 19.8. The quantitative estimate of drug-likeness (QED) is 0.708.